The topological polar surface area (TPSA) is 78.1 Å². The molecule has 1 aromatic carbocycles. The van der Waals surface area contributed by atoms with Crippen LogP contribution in [0.4, 0.5) is 13.6 Å². The molecule has 9 heteroatoms. The average molecular weight is 527 g/mol. The molecule has 4 rings (SSSR count). The number of carbonyl (C=O) groups is 1. The molecule has 0 amide bonds. The molecular weight excluding hydrogens is 507 g/mol. The van der Waals surface area contributed by atoms with Gasteiger partial charge in [0.05, 0.1) is 0 Å². The predicted molar refractivity (Wildman–Crippen MR) is 115 cm³/mol. The van der Waals surface area contributed by atoms with Crippen molar-refractivity contribution in [2.24, 2.45) is 0 Å². The number of hydrogen-bond acceptors (Lipinski definition) is 6. The Labute approximate surface area is 179 Å². The van der Waals surface area contributed by atoms with Gasteiger partial charge in [-0.15, -0.1) is 0 Å². The van der Waals surface area contributed by atoms with Crippen molar-refractivity contribution in [2.45, 2.75) is 32.6 Å². The molecule has 0 aliphatic carbocycles. The van der Waals surface area contributed by atoms with Gasteiger partial charge >= 0.3 is 180 Å². The second-order valence-corrected chi connectivity index (χ2v) is 12.7. The summed E-state index contributed by atoms with van der Waals surface area (Å²) in [7, 11) is 0. The molecule has 0 bridgehead atoms. The second kappa shape index (κ2) is 8.75. The first-order valence-corrected chi connectivity index (χ1v) is 13.6. The Morgan fingerprint density at radius 3 is 2.47 bits per heavy atom. The molecule has 3 heterocycles. The van der Waals surface area contributed by atoms with Crippen LogP contribution in [0.3, 0.4) is 0 Å². The van der Waals surface area contributed by atoms with Gasteiger partial charge in [-0.1, -0.05) is 0 Å². The van der Waals surface area contributed by atoms with Gasteiger partial charge in [0.2, 0.25) is 0 Å². The first-order valence-electron chi connectivity index (χ1n) is 9.47. The molecule has 1 aliphatic rings. The van der Waals surface area contributed by atoms with Crippen LogP contribution in [0.1, 0.15) is 36.0 Å². The molecule has 2 aromatic heterocycles. The van der Waals surface area contributed by atoms with Crippen molar-refractivity contribution < 1.29 is 22.8 Å². The van der Waals surface area contributed by atoms with Crippen LogP contribution in [0.25, 0.3) is 11.5 Å². The average Bonchev–Trinajstić information content (AvgIpc) is 3.20. The SMILES string of the molecule is Cc1ccc(OC(=O)I2CCC(c3noc(-c4cc(F)cc(F)c4)n3)CC2)c(C)n1. The van der Waals surface area contributed by atoms with Crippen molar-refractivity contribution in [3.63, 3.8) is 0 Å². The zero-order valence-electron chi connectivity index (χ0n) is 16.5. The number of benzene rings is 1. The summed E-state index contributed by atoms with van der Waals surface area (Å²) in [5.74, 6) is -0.215. The van der Waals surface area contributed by atoms with Crippen molar-refractivity contribution >= 4 is 23.8 Å². The van der Waals surface area contributed by atoms with Gasteiger partial charge in [-0.05, 0) is 0 Å². The van der Waals surface area contributed by atoms with E-state index in [0.29, 0.717) is 17.3 Å². The molecule has 1 saturated heterocycles. The Morgan fingerprint density at radius 2 is 1.80 bits per heavy atom. The van der Waals surface area contributed by atoms with Gasteiger partial charge in [-0.3, -0.25) is 0 Å². The Balaban J connectivity index is 1.37. The fraction of sp³-hybridized carbons (Fsp3) is 0.333. The van der Waals surface area contributed by atoms with E-state index < -0.39 is 31.5 Å². The molecule has 1 aliphatic heterocycles. The zero-order valence-corrected chi connectivity index (χ0v) is 18.7. The first-order chi connectivity index (χ1) is 14.4. The number of nitrogens with zero attached hydrogens (tertiary/aromatic N) is 3. The summed E-state index contributed by atoms with van der Waals surface area (Å²) in [5.41, 5.74) is 1.80. The van der Waals surface area contributed by atoms with Gasteiger partial charge in [0.15, 0.2) is 0 Å². The third kappa shape index (κ3) is 4.66. The fourth-order valence-corrected chi connectivity index (χ4v) is 8.27. The first kappa shape index (κ1) is 20.8. The number of carbonyl (C=O) groups excluding carboxylic acids is 1. The number of aromatic nitrogens is 3. The Morgan fingerprint density at radius 1 is 1.10 bits per heavy atom. The molecule has 0 atom stereocenters. The Kier molecular flexibility index (Phi) is 6.07. The molecular formula is C21H20F2IN3O3. The summed E-state index contributed by atoms with van der Waals surface area (Å²) in [5, 5.41) is 4.00. The molecule has 30 heavy (non-hydrogen) atoms. The third-order valence-electron chi connectivity index (χ3n) is 4.87. The molecule has 3 aromatic rings. The molecule has 0 unspecified atom stereocenters. The second-order valence-electron chi connectivity index (χ2n) is 7.10. The van der Waals surface area contributed by atoms with E-state index in [4.69, 9.17) is 9.26 Å². The van der Waals surface area contributed by atoms with E-state index in [1.807, 2.05) is 19.9 Å². The van der Waals surface area contributed by atoms with Gasteiger partial charge in [0.25, 0.3) is 0 Å². The van der Waals surface area contributed by atoms with Crippen molar-refractivity contribution in [1.29, 1.82) is 0 Å². The van der Waals surface area contributed by atoms with Gasteiger partial charge in [0, 0.05) is 0 Å². The number of hydrogen-bond donors (Lipinski definition) is 0. The summed E-state index contributed by atoms with van der Waals surface area (Å²) < 4.78 is 39.2. The summed E-state index contributed by atoms with van der Waals surface area (Å²) in [6.07, 6.45) is 1.53. The predicted octanol–water partition coefficient (Wildman–Crippen LogP) is 5.61. The van der Waals surface area contributed by atoms with Gasteiger partial charge in [0.1, 0.15) is 0 Å². The van der Waals surface area contributed by atoms with Gasteiger partial charge in [-0.25, -0.2) is 0 Å². The summed E-state index contributed by atoms with van der Waals surface area (Å²) in [4.78, 5) is 21.3. The Bertz CT molecular complexity index is 1060. The van der Waals surface area contributed by atoms with E-state index in [-0.39, 0.29) is 21.3 Å². The summed E-state index contributed by atoms with van der Waals surface area (Å²) in [6.45, 7) is 3.72. The van der Waals surface area contributed by atoms with Crippen LogP contribution in [-0.4, -0.2) is 28.0 Å². The minimum atomic E-state index is -1.92. The summed E-state index contributed by atoms with van der Waals surface area (Å²) >= 11 is -1.92. The van der Waals surface area contributed by atoms with Crippen molar-refractivity contribution in [3.8, 4) is 17.2 Å². The zero-order chi connectivity index (χ0) is 21.3. The fourth-order valence-electron chi connectivity index (χ4n) is 3.30. The number of alkyl halides is 2. The van der Waals surface area contributed by atoms with E-state index in [1.54, 1.807) is 6.07 Å². The summed E-state index contributed by atoms with van der Waals surface area (Å²) in [6, 6.07) is 6.72. The maximum absolute atomic E-state index is 13.4. The monoisotopic (exact) mass is 527 g/mol. The van der Waals surface area contributed by atoms with Crippen molar-refractivity contribution in [1.82, 2.24) is 15.1 Å². The Hall–Kier alpha value is -2.43. The van der Waals surface area contributed by atoms with Gasteiger partial charge in [-0.2, -0.15) is 0 Å². The van der Waals surface area contributed by atoms with Crippen LogP contribution in [0.5, 0.6) is 5.75 Å². The number of halogens is 3. The van der Waals surface area contributed by atoms with Crippen LogP contribution < -0.4 is 4.74 Å². The quantitative estimate of drug-likeness (QED) is 0.250. The van der Waals surface area contributed by atoms with Gasteiger partial charge < -0.3 is 0 Å². The standard InChI is InChI=1S/C21H20F2IN3O3/c1-12-3-4-18(13(2)25-12)29-21(28)24-7-5-14(6-8-24)19-26-20(30-27-19)15-9-16(22)11-17(23)10-15/h3-4,9-11,14H,5-8H2,1-2H3. The maximum atomic E-state index is 13.4. The molecule has 0 N–H and O–H groups in total. The molecule has 158 valence electrons. The molecule has 6 nitrogen and oxygen atoms in total. The van der Waals surface area contributed by atoms with E-state index in [1.165, 1.54) is 0 Å². The molecule has 0 radical (unpaired) electrons. The van der Waals surface area contributed by atoms with E-state index in [0.717, 1.165) is 45.6 Å². The third-order valence-corrected chi connectivity index (χ3v) is 10.2. The molecule has 0 spiro atoms. The van der Waals surface area contributed by atoms with Crippen molar-refractivity contribution in [2.75, 3.05) is 8.86 Å². The number of aryl methyl sites for hydroxylation is 2. The van der Waals surface area contributed by atoms with Crippen LogP contribution in [0, 0.1) is 25.5 Å². The van der Waals surface area contributed by atoms with Crippen LogP contribution >= 0.6 is 19.8 Å². The molecule has 1 fully saturated rings. The van der Waals surface area contributed by atoms with Crippen molar-refractivity contribution in [3.05, 3.63) is 59.2 Å². The number of pyridine rings is 1. The number of ether oxygens (including phenoxy) is 1. The van der Waals surface area contributed by atoms with Crippen LogP contribution in [0.2, 0.25) is 0 Å². The van der Waals surface area contributed by atoms with Crippen LogP contribution in [0.15, 0.2) is 34.9 Å². The van der Waals surface area contributed by atoms with E-state index in [2.05, 4.69) is 15.1 Å². The molecule has 0 saturated carbocycles. The number of rotatable bonds is 4. The van der Waals surface area contributed by atoms with E-state index in [9.17, 15) is 13.6 Å². The normalized spacial score (nSPS) is 15.9. The van der Waals surface area contributed by atoms with Crippen LogP contribution in [-0.2, 0) is 0 Å². The minimum absolute atomic E-state index is 0.0602. The van der Waals surface area contributed by atoms with E-state index >= 15 is 0 Å².